The molecule has 172 valence electrons. The van der Waals surface area contributed by atoms with Crippen LogP contribution in [0, 0.1) is 0 Å². The van der Waals surface area contributed by atoms with E-state index in [0.717, 1.165) is 33.1 Å². The summed E-state index contributed by atoms with van der Waals surface area (Å²) in [5, 5.41) is 9.45. The largest absolute Gasteiger partial charge is 0.444 e. The number of hydrogen-bond donors (Lipinski definition) is 3. The number of halogens is 3. The van der Waals surface area contributed by atoms with Gasteiger partial charge in [-0.3, -0.25) is 0 Å². The van der Waals surface area contributed by atoms with Crippen molar-refractivity contribution in [1.82, 2.24) is 15.3 Å². The van der Waals surface area contributed by atoms with Gasteiger partial charge in [-0.1, -0.05) is 34.8 Å². The van der Waals surface area contributed by atoms with Gasteiger partial charge in [0, 0.05) is 39.1 Å². The van der Waals surface area contributed by atoms with E-state index in [9.17, 15) is 4.79 Å². The Hall–Kier alpha value is -2.67. The summed E-state index contributed by atoms with van der Waals surface area (Å²) in [6.07, 6.45) is 1.76. The zero-order valence-corrected chi connectivity index (χ0v) is 20.6. The number of aromatic amines is 1. The number of carbonyl (C=O) groups is 1. The quantitative estimate of drug-likeness (QED) is 0.246. The Morgan fingerprint density at radius 2 is 1.85 bits per heavy atom. The van der Waals surface area contributed by atoms with Gasteiger partial charge in [-0.05, 0) is 69.2 Å². The third-order valence-corrected chi connectivity index (χ3v) is 5.82. The second kappa shape index (κ2) is 9.29. The molecule has 4 aromatic rings. The molecule has 2 aromatic heterocycles. The molecule has 9 heteroatoms. The number of H-pyrrole nitrogens is 1. The summed E-state index contributed by atoms with van der Waals surface area (Å²) in [7, 11) is 0. The van der Waals surface area contributed by atoms with Gasteiger partial charge in [0.2, 0.25) is 0 Å². The Morgan fingerprint density at radius 3 is 2.58 bits per heavy atom. The Morgan fingerprint density at radius 1 is 1.06 bits per heavy atom. The predicted octanol–water partition coefficient (Wildman–Crippen LogP) is 7.49. The van der Waals surface area contributed by atoms with Crippen LogP contribution in [-0.4, -0.2) is 28.2 Å². The lowest BCUT2D eigenvalue weighted by Gasteiger charge is -2.19. The topological polar surface area (TPSA) is 79.0 Å². The molecule has 0 bridgehead atoms. The normalized spacial score (nSPS) is 11.7. The third-order valence-electron chi connectivity index (χ3n) is 4.90. The van der Waals surface area contributed by atoms with Crippen LogP contribution in [0.25, 0.3) is 21.8 Å². The molecule has 2 aromatic carbocycles. The second-order valence-corrected chi connectivity index (χ2v) is 9.87. The van der Waals surface area contributed by atoms with E-state index in [1.54, 1.807) is 12.3 Å². The first-order valence-corrected chi connectivity index (χ1v) is 11.5. The number of aromatic nitrogens is 2. The van der Waals surface area contributed by atoms with Crippen molar-refractivity contribution in [2.75, 3.05) is 11.9 Å². The zero-order valence-electron chi connectivity index (χ0n) is 18.4. The highest BCUT2D eigenvalue weighted by atomic mass is 35.5. The maximum atomic E-state index is 12.1. The van der Waals surface area contributed by atoms with Crippen molar-refractivity contribution < 1.29 is 9.53 Å². The van der Waals surface area contributed by atoms with E-state index < -0.39 is 11.7 Å². The van der Waals surface area contributed by atoms with Gasteiger partial charge in [-0.2, -0.15) is 0 Å². The van der Waals surface area contributed by atoms with E-state index in [2.05, 4.69) is 20.6 Å². The zero-order chi connectivity index (χ0) is 23.8. The Bertz CT molecular complexity index is 1350. The van der Waals surface area contributed by atoms with E-state index in [1.165, 1.54) is 0 Å². The second-order valence-electron chi connectivity index (χ2n) is 8.67. The summed E-state index contributed by atoms with van der Waals surface area (Å²) in [5.74, 6) is 0. The molecule has 0 aliphatic heterocycles. The molecule has 6 nitrogen and oxygen atoms in total. The molecule has 0 fully saturated rings. The van der Waals surface area contributed by atoms with Crippen LogP contribution in [0.15, 0.2) is 42.6 Å². The van der Waals surface area contributed by atoms with Crippen molar-refractivity contribution in [3.8, 4) is 0 Å². The molecular weight excluding hydrogens is 483 g/mol. The van der Waals surface area contributed by atoms with Crippen molar-refractivity contribution in [1.29, 1.82) is 0 Å². The van der Waals surface area contributed by atoms with Gasteiger partial charge in [-0.15, -0.1) is 0 Å². The number of rotatable bonds is 5. The van der Waals surface area contributed by atoms with E-state index in [-0.39, 0.29) is 5.15 Å². The number of alkyl carbamates (subject to hydrolysis) is 1. The molecule has 0 spiro atoms. The van der Waals surface area contributed by atoms with Crippen molar-refractivity contribution in [2.24, 2.45) is 0 Å². The minimum absolute atomic E-state index is 0.248. The lowest BCUT2D eigenvalue weighted by atomic mass is 10.0. The van der Waals surface area contributed by atoms with Crippen LogP contribution >= 0.6 is 34.8 Å². The third kappa shape index (κ3) is 5.64. The maximum Gasteiger partial charge on any atom is 0.407 e. The van der Waals surface area contributed by atoms with Gasteiger partial charge < -0.3 is 20.4 Å². The number of nitrogens with zero attached hydrogens (tertiary/aromatic N) is 1. The first-order valence-electron chi connectivity index (χ1n) is 10.4. The number of fused-ring (bicyclic) bond motifs is 3. The molecule has 0 aliphatic rings. The molecule has 1 amide bonds. The van der Waals surface area contributed by atoms with Crippen LogP contribution in [0.5, 0.6) is 0 Å². The Labute approximate surface area is 206 Å². The number of amides is 1. The molecule has 0 saturated carbocycles. The molecule has 33 heavy (non-hydrogen) atoms. The average molecular weight is 506 g/mol. The molecule has 0 radical (unpaired) electrons. The fourth-order valence-electron chi connectivity index (χ4n) is 3.58. The molecular formula is C24H23Cl3N4O2. The molecule has 3 N–H and O–H groups in total. The summed E-state index contributed by atoms with van der Waals surface area (Å²) in [5.41, 5.74) is 3.98. The number of pyridine rings is 1. The summed E-state index contributed by atoms with van der Waals surface area (Å²) in [4.78, 5) is 19.6. The smallest absolute Gasteiger partial charge is 0.407 e. The van der Waals surface area contributed by atoms with Crippen molar-refractivity contribution in [3.05, 3.63) is 63.4 Å². The van der Waals surface area contributed by atoms with E-state index in [0.29, 0.717) is 28.7 Å². The van der Waals surface area contributed by atoms with E-state index in [1.807, 2.05) is 51.1 Å². The maximum absolute atomic E-state index is 12.1. The molecule has 0 saturated heterocycles. The standard InChI is InChI=1S/C24H23Cl3N4O2/c1-24(2,3)33-23(32)28-7-6-13-8-15(30-16-11-19(26)22(27)29-12-16)10-18-17-9-14(25)4-5-20(17)31-21(13)18/h4-5,8-12,30-31H,6-7H2,1-3H3,(H,28,32). The van der Waals surface area contributed by atoms with Gasteiger partial charge in [-0.25, -0.2) is 9.78 Å². The summed E-state index contributed by atoms with van der Waals surface area (Å²) in [6.45, 7) is 5.91. The first kappa shape index (κ1) is 23.5. The Kier molecular flexibility index (Phi) is 6.61. The lowest BCUT2D eigenvalue weighted by Crippen LogP contribution is -2.33. The molecule has 0 unspecified atom stereocenters. The summed E-state index contributed by atoms with van der Waals surface area (Å²) in [6, 6.07) is 11.5. The number of hydrogen-bond acceptors (Lipinski definition) is 4. The molecule has 2 heterocycles. The molecule has 4 rings (SSSR count). The van der Waals surface area contributed by atoms with Gasteiger partial charge >= 0.3 is 6.09 Å². The fraction of sp³-hybridized carbons (Fsp3) is 0.250. The van der Waals surface area contributed by atoms with Gasteiger partial charge in [0.25, 0.3) is 0 Å². The number of nitrogens with one attached hydrogen (secondary N) is 3. The van der Waals surface area contributed by atoms with Crippen molar-refractivity contribution in [2.45, 2.75) is 32.8 Å². The lowest BCUT2D eigenvalue weighted by molar-refractivity contribution is 0.0528. The number of carbonyl (C=O) groups excluding carboxylic acids is 1. The van der Waals surface area contributed by atoms with Gasteiger partial charge in [0.05, 0.1) is 16.9 Å². The minimum Gasteiger partial charge on any atom is -0.444 e. The van der Waals surface area contributed by atoms with Crippen molar-refractivity contribution in [3.63, 3.8) is 0 Å². The van der Waals surface area contributed by atoms with Crippen LogP contribution in [-0.2, 0) is 11.2 Å². The Balaban J connectivity index is 1.68. The van der Waals surface area contributed by atoms with Crippen LogP contribution in [0.3, 0.4) is 0 Å². The van der Waals surface area contributed by atoms with Crippen LogP contribution in [0.4, 0.5) is 16.2 Å². The first-order chi connectivity index (χ1) is 15.6. The number of benzene rings is 2. The highest BCUT2D eigenvalue weighted by Gasteiger charge is 2.16. The van der Waals surface area contributed by atoms with Crippen LogP contribution in [0.1, 0.15) is 26.3 Å². The summed E-state index contributed by atoms with van der Waals surface area (Å²) < 4.78 is 5.33. The predicted molar refractivity (Wildman–Crippen MR) is 136 cm³/mol. The molecule has 0 atom stereocenters. The number of anilines is 2. The minimum atomic E-state index is -0.550. The van der Waals surface area contributed by atoms with Crippen molar-refractivity contribution >= 4 is 74.1 Å². The van der Waals surface area contributed by atoms with Crippen LogP contribution in [0.2, 0.25) is 15.2 Å². The average Bonchev–Trinajstić information content (AvgIpc) is 3.07. The SMILES string of the molecule is CC(C)(C)OC(=O)NCCc1cc(Nc2cnc(Cl)c(Cl)c2)cc2c1[nH]c1ccc(Cl)cc12. The number of ether oxygens (including phenoxy) is 1. The highest BCUT2D eigenvalue weighted by Crippen LogP contribution is 2.34. The molecule has 0 aliphatic carbocycles. The van der Waals surface area contributed by atoms with E-state index in [4.69, 9.17) is 39.5 Å². The fourth-order valence-corrected chi connectivity index (χ4v) is 4.03. The van der Waals surface area contributed by atoms with Gasteiger partial charge in [0.15, 0.2) is 0 Å². The monoisotopic (exact) mass is 504 g/mol. The van der Waals surface area contributed by atoms with E-state index >= 15 is 0 Å². The van der Waals surface area contributed by atoms with Gasteiger partial charge in [0.1, 0.15) is 10.8 Å². The van der Waals surface area contributed by atoms with Crippen LogP contribution < -0.4 is 10.6 Å². The summed E-state index contributed by atoms with van der Waals surface area (Å²) >= 11 is 18.3. The highest BCUT2D eigenvalue weighted by molar-refractivity contribution is 6.41.